The van der Waals surface area contributed by atoms with Crippen molar-refractivity contribution in [2.24, 2.45) is 0 Å². The molecule has 0 aliphatic rings. The Morgan fingerprint density at radius 2 is 1.70 bits per heavy atom. The summed E-state index contributed by atoms with van der Waals surface area (Å²) < 4.78 is 0. The lowest BCUT2D eigenvalue weighted by Gasteiger charge is -2.13. The molecule has 0 saturated heterocycles. The highest BCUT2D eigenvalue weighted by Gasteiger charge is 2.14. The molecule has 1 aromatic heterocycles. The van der Waals surface area contributed by atoms with Crippen molar-refractivity contribution in [1.82, 2.24) is 4.98 Å². The number of halogens is 1. The van der Waals surface area contributed by atoms with Gasteiger partial charge in [0.05, 0.1) is 11.4 Å². The molecule has 0 spiro atoms. The Bertz CT molecular complexity index is 657. The van der Waals surface area contributed by atoms with Crippen molar-refractivity contribution < 1.29 is 4.79 Å². The number of aryl methyl sites for hydroxylation is 4. The second-order valence-electron chi connectivity index (χ2n) is 4.99. The van der Waals surface area contributed by atoms with Gasteiger partial charge in [0.1, 0.15) is 5.15 Å². The molecule has 0 aliphatic carbocycles. The van der Waals surface area contributed by atoms with Crippen LogP contribution in [0.15, 0.2) is 24.3 Å². The molecular weight excluding hydrogens is 272 g/mol. The standard InChI is InChI=1S/C16H17ClN2O/c1-9-7-10(2)15(11(3)8-9)16(20)19-13-5-6-14(17)18-12(13)4/h5-8H,1-4H3,(H,19,20). The van der Waals surface area contributed by atoms with E-state index in [1.54, 1.807) is 12.1 Å². The van der Waals surface area contributed by atoms with Gasteiger partial charge in [-0.1, -0.05) is 29.3 Å². The van der Waals surface area contributed by atoms with E-state index in [9.17, 15) is 4.79 Å². The summed E-state index contributed by atoms with van der Waals surface area (Å²) in [5.74, 6) is -0.118. The predicted octanol–water partition coefficient (Wildman–Crippen LogP) is 4.22. The summed E-state index contributed by atoms with van der Waals surface area (Å²) >= 11 is 5.81. The number of pyridine rings is 1. The van der Waals surface area contributed by atoms with E-state index in [1.165, 1.54) is 0 Å². The SMILES string of the molecule is Cc1cc(C)c(C(=O)Nc2ccc(Cl)nc2C)c(C)c1. The number of hydrogen-bond acceptors (Lipinski definition) is 2. The van der Waals surface area contributed by atoms with Crippen LogP contribution in [0.1, 0.15) is 32.7 Å². The minimum atomic E-state index is -0.118. The third-order valence-electron chi connectivity index (χ3n) is 3.20. The Balaban J connectivity index is 2.33. The molecule has 4 heteroatoms. The number of anilines is 1. The lowest BCUT2D eigenvalue weighted by Crippen LogP contribution is -2.16. The molecule has 20 heavy (non-hydrogen) atoms. The molecule has 0 fully saturated rings. The van der Waals surface area contributed by atoms with Crippen LogP contribution in [0.5, 0.6) is 0 Å². The number of aromatic nitrogens is 1. The number of benzene rings is 1. The van der Waals surface area contributed by atoms with Gasteiger partial charge in [0.2, 0.25) is 0 Å². The Labute approximate surface area is 124 Å². The zero-order valence-electron chi connectivity index (χ0n) is 12.0. The molecule has 2 rings (SSSR count). The molecule has 0 bridgehead atoms. The monoisotopic (exact) mass is 288 g/mol. The summed E-state index contributed by atoms with van der Waals surface area (Å²) in [6, 6.07) is 7.45. The summed E-state index contributed by atoms with van der Waals surface area (Å²) in [5.41, 5.74) is 5.19. The van der Waals surface area contributed by atoms with E-state index in [0.29, 0.717) is 22.1 Å². The first-order valence-corrected chi connectivity index (χ1v) is 6.78. The molecule has 1 heterocycles. The number of nitrogens with one attached hydrogen (secondary N) is 1. The van der Waals surface area contributed by atoms with E-state index in [-0.39, 0.29) is 5.91 Å². The summed E-state index contributed by atoms with van der Waals surface area (Å²) in [6.07, 6.45) is 0. The van der Waals surface area contributed by atoms with Crippen LogP contribution in [0.2, 0.25) is 5.15 Å². The normalized spacial score (nSPS) is 10.4. The van der Waals surface area contributed by atoms with Crippen LogP contribution in [0.25, 0.3) is 0 Å². The fourth-order valence-corrected chi connectivity index (χ4v) is 2.58. The highest BCUT2D eigenvalue weighted by molar-refractivity contribution is 6.29. The van der Waals surface area contributed by atoms with Gasteiger partial charge in [-0.05, 0) is 51.0 Å². The van der Waals surface area contributed by atoms with E-state index in [0.717, 1.165) is 16.7 Å². The van der Waals surface area contributed by atoms with E-state index in [2.05, 4.69) is 10.3 Å². The first-order chi connectivity index (χ1) is 9.38. The van der Waals surface area contributed by atoms with Crippen LogP contribution in [0, 0.1) is 27.7 Å². The van der Waals surface area contributed by atoms with Crippen molar-refractivity contribution in [3.8, 4) is 0 Å². The maximum absolute atomic E-state index is 12.4. The van der Waals surface area contributed by atoms with Gasteiger partial charge in [-0.3, -0.25) is 4.79 Å². The van der Waals surface area contributed by atoms with Gasteiger partial charge in [0.15, 0.2) is 0 Å². The lowest BCUT2D eigenvalue weighted by atomic mass is 9.99. The quantitative estimate of drug-likeness (QED) is 0.841. The number of carbonyl (C=O) groups is 1. The van der Waals surface area contributed by atoms with E-state index in [4.69, 9.17) is 11.6 Å². The maximum Gasteiger partial charge on any atom is 0.256 e. The Kier molecular flexibility index (Phi) is 4.09. The first-order valence-electron chi connectivity index (χ1n) is 6.41. The number of rotatable bonds is 2. The van der Waals surface area contributed by atoms with Crippen LogP contribution in [0.3, 0.4) is 0 Å². The summed E-state index contributed by atoms with van der Waals surface area (Å²) in [5, 5.41) is 3.31. The molecule has 0 radical (unpaired) electrons. The average Bonchev–Trinajstić information content (AvgIpc) is 2.31. The van der Waals surface area contributed by atoms with Crippen molar-refractivity contribution in [2.45, 2.75) is 27.7 Å². The first kappa shape index (κ1) is 14.5. The van der Waals surface area contributed by atoms with E-state index in [1.807, 2.05) is 39.8 Å². The third-order valence-corrected chi connectivity index (χ3v) is 3.41. The molecule has 1 amide bonds. The average molecular weight is 289 g/mol. The lowest BCUT2D eigenvalue weighted by molar-refractivity contribution is 0.102. The zero-order chi connectivity index (χ0) is 14.9. The third kappa shape index (κ3) is 2.99. The summed E-state index contributed by atoms with van der Waals surface area (Å²) in [6.45, 7) is 7.73. The van der Waals surface area contributed by atoms with Crippen LogP contribution >= 0.6 is 11.6 Å². The molecule has 2 aromatic rings. The van der Waals surface area contributed by atoms with Gasteiger partial charge >= 0.3 is 0 Å². The fourth-order valence-electron chi connectivity index (χ4n) is 2.39. The minimum Gasteiger partial charge on any atom is -0.320 e. The molecule has 0 aliphatic heterocycles. The second-order valence-corrected chi connectivity index (χ2v) is 5.38. The molecule has 0 unspecified atom stereocenters. The summed E-state index contributed by atoms with van der Waals surface area (Å²) in [4.78, 5) is 16.6. The Morgan fingerprint density at radius 1 is 1.10 bits per heavy atom. The van der Waals surface area contributed by atoms with Crippen LogP contribution < -0.4 is 5.32 Å². The van der Waals surface area contributed by atoms with Gasteiger partial charge in [-0.25, -0.2) is 4.98 Å². The molecule has 104 valence electrons. The number of carbonyl (C=O) groups excluding carboxylic acids is 1. The topological polar surface area (TPSA) is 42.0 Å². The highest BCUT2D eigenvalue weighted by Crippen LogP contribution is 2.20. The van der Waals surface area contributed by atoms with Gasteiger partial charge in [-0.2, -0.15) is 0 Å². The number of amides is 1. The van der Waals surface area contributed by atoms with Gasteiger partial charge < -0.3 is 5.32 Å². The van der Waals surface area contributed by atoms with Crippen molar-refractivity contribution in [2.75, 3.05) is 5.32 Å². The van der Waals surface area contributed by atoms with Gasteiger partial charge in [-0.15, -0.1) is 0 Å². The van der Waals surface area contributed by atoms with E-state index >= 15 is 0 Å². The second kappa shape index (κ2) is 5.63. The predicted molar refractivity (Wildman–Crippen MR) is 82.6 cm³/mol. The Morgan fingerprint density at radius 3 is 2.25 bits per heavy atom. The molecule has 0 atom stereocenters. The fraction of sp³-hybridized carbons (Fsp3) is 0.250. The van der Waals surface area contributed by atoms with Crippen molar-refractivity contribution >= 4 is 23.2 Å². The number of hydrogen-bond donors (Lipinski definition) is 1. The molecule has 3 nitrogen and oxygen atoms in total. The number of nitrogens with zero attached hydrogens (tertiary/aromatic N) is 1. The zero-order valence-corrected chi connectivity index (χ0v) is 12.8. The Hall–Kier alpha value is -1.87. The largest absolute Gasteiger partial charge is 0.320 e. The van der Waals surface area contributed by atoms with E-state index < -0.39 is 0 Å². The molecule has 1 N–H and O–H groups in total. The molecule has 1 aromatic carbocycles. The van der Waals surface area contributed by atoms with Crippen molar-refractivity contribution in [3.63, 3.8) is 0 Å². The smallest absolute Gasteiger partial charge is 0.256 e. The highest BCUT2D eigenvalue weighted by atomic mass is 35.5. The minimum absolute atomic E-state index is 0.118. The van der Waals surface area contributed by atoms with Crippen LogP contribution in [-0.2, 0) is 0 Å². The van der Waals surface area contributed by atoms with Gasteiger partial charge in [0.25, 0.3) is 5.91 Å². The molecular formula is C16H17ClN2O. The molecule has 0 saturated carbocycles. The maximum atomic E-state index is 12.4. The van der Waals surface area contributed by atoms with Crippen LogP contribution in [0.4, 0.5) is 5.69 Å². The van der Waals surface area contributed by atoms with Crippen molar-refractivity contribution in [3.05, 3.63) is 57.4 Å². The van der Waals surface area contributed by atoms with Crippen molar-refractivity contribution in [1.29, 1.82) is 0 Å². The van der Waals surface area contributed by atoms with Crippen LogP contribution in [-0.4, -0.2) is 10.9 Å². The van der Waals surface area contributed by atoms with Gasteiger partial charge in [0, 0.05) is 5.56 Å². The summed E-state index contributed by atoms with van der Waals surface area (Å²) in [7, 11) is 0.